The molecule has 1 N–H and O–H groups in total. The number of carbonyl (C=O) groups excluding carboxylic acids is 1. The Kier molecular flexibility index (Phi) is 5.21. The van der Waals surface area contributed by atoms with E-state index in [4.69, 9.17) is 4.74 Å². The van der Waals surface area contributed by atoms with Crippen LogP contribution >= 0.6 is 11.3 Å². The van der Waals surface area contributed by atoms with E-state index in [0.717, 1.165) is 16.9 Å². The summed E-state index contributed by atoms with van der Waals surface area (Å²) in [4.78, 5) is 22.2. The zero-order valence-corrected chi connectivity index (χ0v) is 12.5. The Morgan fingerprint density at radius 1 is 1.41 bits per heavy atom. The van der Waals surface area contributed by atoms with Gasteiger partial charge in [0.05, 0.1) is 16.0 Å². The van der Waals surface area contributed by atoms with Gasteiger partial charge in [0.25, 0.3) is 5.91 Å². The highest BCUT2D eigenvalue weighted by molar-refractivity contribution is 7.16. The van der Waals surface area contributed by atoms with E-state index < -0.39 is 10.8 Å². The average Bonchev–Trinajstić information content (AvgIpc) is 2.95. The minimum atomic E-state index is -0.476. The fraction of sp³-hybridized carbons (Fsp3) is 0.143. The number of amides is 1. The number of nitrogens with one attached hydrogen (secondary N) is 1. The fourth-order valence-electron chi connectivity index (χ4n) is 1.57. The van der Waals surface area contributed by atoms with E-state index in [2.05, 4.69) is 10.5 Å². The number of thiophene rings is 1. The molecule has 0 spiro atoms. The number of para-hydroxylation sites is 1. The maximum absolute atomic E-state index is 11.6. The van der Waals surface area contributed by atoms with Crippen LogP contribution in [0.5, 0.6) is 5.75 Å². The number of hydrazone groups is 1. The average molecular weight is 319 g/mol. The molecule has 22 heavy (non-hydrogen) atoms. The van der Waals surface area contributed by atoms with Gasteiger partial charge in [-0.2, -0.15) is 5.10 Å². The molecule has 2 aromatic rings. The van der Waals surface area contributed by atoms with E-state index in [1.807, 2.05) is 25.1 Å². The van der Waals surface area contributed by atoms with Gasteiger partial charge in [0.1, 0.15) is 5.75 Å². The Morgan fingerprint density at radius 2 is 2.18 bits per heavy atom. The maximum atomic E-state index is 11.6. The third-order valence-corrected chi connectivity index (χ3v) is 3.60. The number of hydrogen-bond acceptors (Lipinski definition) is 6. The van der Waals surface area contributed by atoms with Gasteiger partial charge in [0.15, 0.2) is 6.61 Å². The molecule has 2 rings (SSSR count). The second-order valence-electron chi connectivity index (χ2n) is 4.28. The van der Waals surface area contributed by atoms with Gasteiger partial charge in [0, 0.05) is 6.07 Å². The molecule has 0 saturated heterocycles. The van der Waals surface area contributed by atoms with Crippen LogP contribution in [0, 0.1) is 17.0 Å². The third kappa shape index (κ3) is 4.38. The van der Waals surface area contributed by atoms with Crippen molar-refractivity contribution in [3.8, 4) is 5.75 Å². The molecule has 0 saturated carbocycles. The summed E-state index contributed by atoms with van der Waals surface area (Å²) in [5, 5.41) is 14.3. The highest BCUT2D eigenvalue weighted by atomic mass is 32.1. The van der Waals surface area contributed by atoms with Crippen molar-refractivity contribution in [3.63, 3.8) is 0 Å². The molecule has 0 unspecified atom stereocenters. The largest absolute Gasteiger partial charge is 0.483 e. The molecule has 0 aliphatic carbocycles. The Bertz CT molecular complexity index is 712. The van der Waals surface area contributed by atoms with Crippen LogP contribution in [0.25, 0.3) is 0 Å². The van der Waals surface area contributed by atoms with Crippen LogP contribution < -0.4 is 10.2 Å². The van der Waals surface area contributed by atoms with E-state index >= 15 is 0 Å². The van der Waals surface area contributed by atoms with Gasteiger partial charge in [-0.3, -0.25) is 14.9 Å². The molecule has 0 radical (unpaired) electrons. The summed E-state index contributed by atoms with van der Waals surface area (Å²) in [6.07, 6.45) is 1.35. The SMILES string of the molecule is Cc1ccccc1OCC(=O)N/N=C/c1ccc([N+](=O)[O-])s1. The molecule has 8 heteroatoms. The molecule has 0 aliphatic heterocycles. The second-order valence-corrected chi connectivity index (χ2v) is 5.37. The van der Waals surface area contributed by atoms with Gasteiger partial charge in [-0.05, 0) is 24.6 Å². The van der Waals surface area contributed by atoms with E-state index in [-0.39, 0.29) is 11.6 Å². The number of benzene rings is 1. The molecule has 1 aromatic heterocycles. The molecule has 1 heterocycles. The van der Waals surface area contributed by atoms with E-state index in [1.54, 1.807) is 12.1 Å². The van der Waals surface area contributed by atoms with Crippen molar-refractivity contribution in [2.45, 2.75) is 6.92 Å². The molecule has 1 aromatic carbocycles. The normalized spacial score (nSPS) is 10.6. The Balaban J connectivity index is 1.81. The summed E-state index contributed by atoms with van der Waals surface area (Å²) < 4.78 is 5.36. The molecule has 0 fully saturated rings. The standard InChI is InChI=1S/C14H13N3O4S/c1-10-4-2-3-5-12(10)21-9-13(18)16-15-8-11-6-7-14(22-11)17(19)20/h2-8H,9H2,1H3,(H,16,18)/b15-8+. The van der Waals surface area contributed by atoms with Crippen LogP contribution in [0.15, 0.2) is 41.5 Å². The highest BCUT2D eigenvalue weighted by Gasteiger charge is 2.08. The number of nitrogens with zero attached hydrogens (tertiary/aromatic N) is 2. The quantitative estimate of drug-likeness (QED) is 0.503. The van der Waals surface area contributed by atoms with Crippen molar-refractivity contribution >= 4 is 28.5 Å². The summed E-state index contributed by atoms with van der Waals surface area (Å²) in [5.41, 5.74) is 3.24. The lowest BCUT2D eigenvalue weighted by Gasteiger charge is -2.07. The lowest BCUT2D eigenvalue weighted by molar-refractivity contribution is -0.380. The smallest absolute Gasteiger partial charge is 0.324 e. The first-order valence-electron chi connectivity index (χ1n) is 6.31. The lowest BCUT2D eigenvalue weighted by Crippen LogP contribution is -2.24. The van der Waals surface area contributed by atoms with E-state index in [9.17, 15) is 14.9 Å². The van der Waals surface area contributed by atoms with Crippen molar-refractivity contribution in [1.82, 2.24) is 5.43 Å². The first kappa shape index (κ1) is 15.6. The second kappa shape index (κ2) is 7.32. The van der Waals surface area contributed by atoms with Gasteiger partial charge in [-0.15, -0.1) is 0 Å². The first-order valence-corrected chi connectivity index (χ1v) is 7.12. The van der Waals surface area contributed by atoms with Crippen LogP contribution in [-0.4, -0.2) is 23.7 Å². The predicted molar refractivity (Wildman–Crippen MR) is 83.4 cm³/mol. The number of hydrogen-bond donors (Lipinski definition) is 1. The molecule has 0 aliphatic rings. The summed E-state index contributed by atoms with van der Waals surface area (Å²) >= 11 is 0.974. The van der Waals surface area contributed by atoms with Gasteiger partial charge in [-0.25, -0.2) is 5.43 Å². The molecular weight excluding hydrogens is 306 g/mol. The number of rotatable bonds is 6. The lowest BCUT2D eigenvalue weighted by atomic mass is 10.2. The van der Waals surface area contributed by atoms with Crippen LogP contribution in [0.1, 0.15) is 10.4 Å². The van der Waals surface area contributed by atoms with E-state index in [0.29, 0.717) is 10.6 Å². The molecule has 114 valence electrons. The van der Waals surface area contributed by atoms with E-state index in [1.165, 1.54) is 12.3 Å². The summed E-state index contributed by atoms with van der Waals surface area (Å²) in [5.74, 6) is 0.223. The molecule has 0 atom stereocenters. The Labute approximate surface area is 130 Å². The Morgan fingerprint density at radius 3 is 2.86 bits per heavy atom. The maximum Gasteiger partial charge on any atom is 0.324 e. The van der Waals surface area contributed by atoms with Gasteiger partial charge >= 0.3 is 5.00 Å². The van der Waals surface area contributed by atoms with Crippen molar-refractivity contribution in [1.29, 1.82) is 0 Å². The number of ether oxygens (including phenoxy) is 1. The number of nitro groups is 1. The van der Waals surface area contributed by atoms with Crippen LogP contribution in [-0.2, 0) is 4.79 Å². The first-order chi connectivity index (χ1) is 10.6. The number of carbonyl (C=O) groups is 1. The molecule has 1 amide bonds. The van der Waals surface area contributed by atoms with Crippen molar-refractivity contribution in [2.24, 2.45) is 5.10 Å². The number of aryl methyl sites for hydroxylation is 1. The minimum absolute atomic E-state index is 0.0238. The molecular formula is C14H13N3O4S. The molecule has 7 nitrogen and oxygen atoms in total. The third-order valence-electron chi connectivity index (χ3n) is 2.63. The van der Waals surface area contributed by atoms with Crippen molar-refractivity contribution < 1.29 is 14.5 Å². The van der Waals surface area contributed by atoms with Gasteiger partial charge in [0.2, 0.25) is 0 Å². The van der Waals surface area contributed by atoms with Gasteiger partial charge < -0.3 is 4.74 Å². The van der Waals surface area contributed by atoms with Crippen LogP contribution in [0.4, 0.5) is 5.00 Å². The topological polar surface area (TPSA) is 93.8 Å². The molecule has 0 bridgehead atoms. The minimum Gasteiger partial charge on any atom is -0.483 e. The fourth-order valence-corrected chi connectivity index (χ4v) is 2.27. The van der Waals surface area contributed by atoms with Crippen molar-refractivity contribution in [3.05, 3.63) is 57.0 Å². The van der Waals surface area contributed by atoms with Gasteiger partial charge in [-0.1, -0.05) is 29.5 Å². The van der Waals surface area contributed by atoms with Crippen LogP contribution in [0.2, 0.25) is 0 Å². The predicted octanol–water partition coefficient (Wildman–Crippen LogP) is 2.49. The summed E-state index contributed by atoms with van der Waals surface area (Å²) in [6, 6.07) is 10.3. The van der Waals surface area contributed by atoms with Crippen LogP contribution in [0.3, 0.4) is 0 Å². The zero-order chi connectivity index (χ0) is 15.9. The highest BCUT2D eigenvalue weighted by Crippen LogP contribution is 2.22. The summed E-state index contributed by atoms with van der Waals surface area (Å²) in [6.45, 7) is 1.72. The monoisotopic (exact) mass is 319 g/mol. The summed E-state index contributed by atoms with van der Waals surface area (Å²) in [7, 11) is 0. The van der Waals surface area contributed by atoms with Crippen molar-refractivity contribution in [2.75, 3.05) is 6.61 Å². The zero-order valence-electron chi connectivity index (χ0n) is 11.7. The Hall–Kier alpha value is -2.74.